The summed E-state index contributed by atoms with van der Waals surface area (Å²) >= 11 is 0. The molecule has 0 amide bonds. The van der Waals surface area contributed by atoms with Gasteiger partial charge < -0.3 is 14.9 Å². The van der Waals surface area contributed by atoms with Gasteiger partial charge in [-0.1, -0.05) is 12.2 Å². The average molecular weight is 226 g/mol. The Kier molecular flexibility index (Phi) is 3.57. The van der Waals surface area contributed by atoms with Crippen molar-refractivity contribution in [3.63, 3.8) is 0 Å². The van der Waals surface area contributed by atoms with Crippen molar-refractivity contribution in [1.82, 2.24) is 0 Å². The van der Waals surface area contributed by atoms with E-state index < -0.39 is 29.9 Å². The molecule has 0 aromatic heterocycles. The second-order valence-corrected chi connectivity index (χ2v) is 3.28. The molecule has 6 nitrogen and oxygen atoms in total. The normalized spacial score (nSPS) is 27.4. The van der Waals surface area contributed by atoms with Gasteiger partial charge in [0.2, 0.25) is 5.78 Å². The van der Waals surface area contributed by atoms with Crippen molar-refractivity contribution in [2.24, 2.45) is 0 Å². The maximum absolute atomic E-state index is 11.0. The maximum Gasteiger partial charge on any atom is 0.372 e. The highest BCUT2D eigenvalue weighted by Crippen LogP contribution is 2.24. The summed E-state index contributed by atoms with van der Waals surface area (Å²) in [5.41, 5.74) is -1.41. The second kappa shape index (κ2) is 4.71. The zero-order valence-corrected chi connectivity index (χ0v) is 8.20. The van der Waals surface area contributed by atoms with Gasteiger partial charge in [-0.2, -0.15) is 0 Å². The number of ketones is 1. The molecule has 0 unspecified atom stereocenters. The fourth-order valence-electron chi connectivity index (χ4n) is 1.30. The van der Waals surface area contributed by atoms with E-state index in [1.807, 2.05) is 0 Å². The van der Waals surface area contributed by atoms with Gasteiger partial charge in [0.25, 0.3) is 6.47 Å². The predicted molar refractivity (Wildman–Crippen MR) is 51.4 cm³/mol. The number of aliphatic hydroxyl groups is 1. The van der Waals surface area contributed by atoms with Crippen LogP contribution in [0.2, 0.25) is 0 Å². The first kappa shape index (κ1) is 12.1. The van der Waals surface area contributed by atoms with Crippen LogP contribution in [0.3, 0.4) is 0 Å². The van der Waals surface area contributed by atoms with Crippen LogP contribution in [0.4, 0.5) is 0 Å². The highest BCUT2D eigenvalue weighted by molar-refractivity contribution is 6.33. The number of Topliss-reactive ketones (excluding diaryl/α,β-unsaturated/α-hetero) is 1. The fourth-order valence-corrected chi connectivity index (χ4v) is 1.30. The van der Waals surface area contributed by atoms with Crippen LogP contribution in [-0.4, -0.2) is 40.1 Å². The topological polar surface area (TPSA) is 101 Å². The summed E-state index contributed by atoms with van der Waals surface area (Å²) in [6, 6.07) is 0. The molecule has 6 heteroatoms. The first-order valence-electron chi connectivity index (χ1n) is 4.43. The summed E-state index contributed by atoms with van der Waals surface area (Å²) in [6.07, 6.45) is 3.85. The quantitative estimate of drug-likeness (QED) is 0.370. The number of carboxylic acid groups (broad SMARTS) is 1. The minimum Gasteiger partial charge on any atom is -0.475 e. The van der Waals surface area contributed by atoms with Gasteiger partial charge in [0.15, 0.2) is 5.60 Å². The van der Waals surface area contributed by atoms with Crippen LogP contribution < -0.4 is 0 Å². The Bertz CT molecular complexity index is 354. The summed E-state index contributed by atoms with van der Waals surface area (Å²) in [7, 11) is 0. The van der Waals surface area contributed by atoms with Gasteiger partial charge in [-0.3, -0.25) is 9.59 Å². The van der Waals surface area contributed by atoms with Crippen molar-refractivity contribution in [3.05, 3.63) is 24.3 Å². The maximum atomic E-state index is 11.0. The number of carboxylic acids is 1. The Morgan fingerprint density at radius 1 is 1.38 bits per heavy atom. The summed E-state index contributed by atoms with van der Waals surface area (Å²) in [4.78, 5) is 31.7. The van der Waals surface area contributed by atoms with Gasteiger partial charge in [-0.05, 0) is 12.2 Å². The average Bonchev–Trinajstić information content (AvgIpc) is 2.23. The van der Waals surface area contributed by atoms with Gasteiger partial charge in [0, 0.05) is 0 Å². The van der Waals surface area contributed by atoms with E-state index in [1.54, 1.807) is 0 Å². The third-order valence-electron chi connectivity index (χ3n) is 2.09. The molecule has 0 bridgehead atoms. The number of aliphatic carboxylic acids is 1. The zero-order chi connectivity index (χ0) is 12.2. The Labute approximate surface area is 90.8 Å². The summed E-state index contributed by atoms with van der Waals surface area (Å²) in [6.45, 7) is 0.126. The molecule has 0 atom stereocenters. The molecule has 1 aliphatic carbocycles. The largest absolute Gasteiger partial charge is 0.475 e. The first-order chi connectivity index (χ1) is 7.49. The van der Waals surface area contributed by atoms with Crippen molar-refractivity contribution in [1.29, 1.82) is 0 Å². The van der Waals surface area contributed by atoms with Crippen LogP contribution in [0.25, 0.3) is 0 Å². The minimum atomic E-state index is -1.60. The molecule has 0 fully saturated rings. The molecular weight excluding hydrogens is 216 g/mol. The van der Waals surface area contributed by atoms with Gasteiger partial charge >= 0.3 is 5.97 Å². The van der Waals surface area contributed by atoms with Crippen LogP contribution in [0.5, 0.6) is 0 Å². The number of hydrogen-bond acceptors (Lipinski definition) is 5. The Balaban J connectivity index is 2.86. The molecular formula is C10H10O6. The number of carbonyl (C=O) groups excluding carboxylic acids is 2. The van der Waals surface area contributed by atoms with Gasteiger partial charge in [0.1, 0.15) is 0 Å². The van der Waals surface area contributed by atoms with E-state index in [-0.39, 0.29) is 6.47 Å². The van der Waals surface area contributed by atoms with Crippen LogP contribution >= 0.6 is 0 Å². The van der Waals surface area contributed by atoms with Crippen molar-refractivity contribution in [2.75, 3.05) is 0 Å². The summed E-state index contributed by atoms with van der Waals surface area (Å²) in [5.74, 6) is -2.67. The lowest BCUT2D eigenvalue weighted by atomic mass is 9.91. The predicted octanol–water partition coefficient (Wildman–Crippen LogP) is -0.571. The third kappa shape index (κ3) is 2.77. The molecule has 0 aliphatic heterocycles. The second-order valence-electron chi connectivity index (χ2n) is 3.28. The molecule has 1 aliphatic rings. The molecule has 0 spiro atoms. The van der Waals surface area contributed by atoms with E-state index in [2.05, 4.69) is 0 Å². The molecule has 16 heavy (non-hydrogen) atoms. The lowest BCUT2D eigenvalue weighted by molar-refractivity contribution is -0.152. The molecule has 0 aromatic rings. The number of rotatable bonds is 5. The lowest BCUT2D eigenvalue weighted by Gasteiger charge is -2.26. The van der Waals surface area contributed by atoms with E-state index in [9.17, 15) is 14.4 Å². The number of carbonyl (C=O) groups is 3. The summed E-state index contributed by atoms with van der Waals surface area (Å²) < 4.78 is 4.69. The van der Waals surface area contributed by atoms with E-state index in [4.69, 9.17) is 14.9 Å². The van der Waals surface area contributed by atoms with Crippen molar-refractivity contribution in [2.45, 2.75) is 18.1 Å². The molecule has 0 radical (unpaired) electrons. The number of hydrogen-bond donors (Lipinski definition) is 2. The Morgan fingerprint density at radius 2 is 1.94 bits per heavy atom. The molecule has 0 saturated carbocycles. The van der Waals surface area contributed by atoms with Crippen LogP contribution in [0, 0.1) is 0 Å². The molecule has 2 N–H and O–H groups in total. The first-order valence-corrected chi connectivity index (χ1v) is 4.43. The van der Waals surface area contributed by atoms with Crippen LogP contribution in [0.1, 0.15) is 6.42 Å². The van der Waals surface area contributed by atoms with Crippen LogP contribution in [0.15, 0.2) is 24.3 Å². The minimum absolute atomic E-state index is 0.126. The van der Waals surface area contributed by atoms with Gasteiger partial charge in [-0.15, -0.1) is 0 Å². The van der Waals surface area contributed by atoms with Crippen LogP contribution in [-0.2, 0) is 19.1 Å². The molecule has 86 valence electrons. The van der Waals surface area contributed by atoms with Gasteiger partial charge in [0.05, 0.1) is 12.5 Å². The van der Waals surface area contributed by atoms with E-state index in [0.717, 1.165) is 0 Å². The molecule has 1 rings (SSSR count). The standard InChI is InChI=1S/C10H10O6/c11-6-16-10(5-8(13)9(14)15)3-1-7(12)2-4-10/h1-4,6-7,12H,5H2,(H,14,15). The molecule has 0 heterocycles. The smallest absolute Gasteiger partial charge is 0.372 e. The zero-order valence-electron chi connectivity index (χ0n) is 8.20. The van der Waals surface area contributed by atoms with Crippen molar-refractivity contribution < 1.29 is 29.3 Å². The molecule has 0 saturated heterocycles. The number of aliphatic hydroxyl groups excluding tert-OH is 1. The van der Waals surface area contributed by atoms with Crippen molar-refractivity contribution in [3.8, 4) is 0 Å². The Hall–Kier alpha value is -1.95. The highest BCUT2D eigenvalue weighted by atomic mass is 16.5. The van der Waals surface area contributed by atoms with E-state index >= 15 is 0 Å². The molecule has 0 aromatic carbocycles. The SMILES string of the molecule is O=COC1(CC(=O)C(=O)O)C=CC(O)C=C1. The monoisotopic (exact) mass is 226 g/mol. The third-order valence-corrected chi connectivity index (χ3v) is 2.09. The van der Waals surface area contributed by atoms with Crippen molar-refractivity contribution >= 4 is 18.2 Å². The summed E-state index contributed by atoms with van der Waals surface area (Å²) in [5, 5.41) is 17.6. The fraction of sp³-hybridized carbons (Fsp3) is 0.300. The van der Waals surface area contributed by atoms with E-state index in [1.165, 1.54) is 24.3 Å². The highest BCUT2D eigenvalue weighted by Gasteiger charge is 2.33. The number of ether oxygens (including phenoxy) is 1. The van der Waals surface area contributed by atoms with Gasteiger partial charge in [-0.25, -0.2) is 4.79 Å². The van der Waals surface area contributed by atoms with E-state index in [0.29, 0.717) is 0 Å². The lowest BCUT2D eigenvalue weighted by Crippen LogP contribution is -2.35. The Morgan fingerprint density at radius 3 is 2.38 bits per heavy atom.